The van der Waals surface area contributed by atoms with E-state index in [1.165, 1.54) is 6.33 Å². The lowest BCUT2D eigenvalue weighted by Gasteiger charge is -1.90. The number of hydrogen-bond donors (Lipinski definition) is 1. The van der Waals surface area contributed by atoms with Gasteiger partial charge in [-0.15, -0.1) is 0 Å². The molecule has 0 aliphatic carbocycles. The quantitative estimate of drug-likeness (QED) is 0.641. The van der Waals surface area contributed by atoms with E-state index in [-0.39, 0.29) is 0 Å². The Morgan fingerprint density at radius 2 is 2.36 bits per heavy atom. The highest BCUT2D eigenvalue weighted by Crippen LogP contribution is 2.09. The molecule has 0 unspecified atom stereocenters. The van der Waals surface area contributed by atoms with Crippen molar-refractivity contribution < 1.29 is 0 Å². The second kappa shape index (κ2) is 2.49. The third-order valence-corrected chi connectivity index (χ3v) is 1.29. The summed E-state index contributed by atoms with van der Waals surface area (Å²) in [6.45, 7) is 0. The number of imidazole rings is 1. The fraction of sp³-hybridized carbons (Fsp3) is 0. The summed E-state index contributed by atoms with van der Waals surface area (Å²) in [6, 6.07) is 1.80. The normalized spacial score (nSPS) is 9.82. The molecule has 11 heavy (non-hydrogen) atoms. The summed E-state index contributed by atoms with van der Waals surface area (Å²) < 4.78 is 0. The number of aromatic amines is 1. The molecule has 0 saturated carbocycles. The fourth-order valence-electron chi connectivity index (χ4n) is 0.799. The lowest BCUT2D eigenvalue weighted by atomic mass is 10.3. The average Bonchev–Trinajstić information content (AvgIpc) is 2.58. The SMILES string of the molecule is [c]1nc(-c2ccncn2)c[nH]1. The van der Waals surface area contributed by atoms with E-state index in [1.54, 1.807) is 18.5 Å². The van der Waals surface area contributed by atoms with Gasteiger partial charge < -0.3 is 4.98 Å². The highest BCUT2D eigenvalue weighted by molar-refractivity contribution is 5.50. The number of rotatable bonds is 1. The first-order valence-electron chi connectivity index (χ1n) is 3.14. The molecule has 2 rings (SSSR count). The van der Waals surface area contributed by atoms with Gasteiger partial charge in [-0.05, 0) is 6.07 Å². The van der Waals surface area contributed by atoms with Gasteiger partial charge in [-0.1, -0.05) is 0 Å². The molecule has 1 radical (unpaired) electrons. The third-order valence-electron chi connectivity index (χ3n) is 1.29. The average molecular weight is 145 g/mol. The maximum atomic E-state index is 4.01. The second-order valence-electron chi connectivity index (χ2n) is 1.99. The van der Waals surface area contributed by atoms with Crippen LogP contribution in [-0.2, 0) is 0 Å². The summed E-state index contributed by atoms with van der Waals surface area (Å²) in [5.74, 6) is 0. The van der Waals surface area contributed by atoms with Crippen LogP contribution < -0.4 is 0 Å². The van der Waals surface area contributed by atoms with Gasteiger partial charge in [-0.3, -0.25) is 0 Å². The summed E-state index contributed by atoms with van der Waals surface area (Å²) in [5.41, 5.74) is 1.59. The van der Waals surface area contributed by atoms with Crippen LogP contribution in [0.25, 0.3) is 11.4 Å². The topological polar surface area (TPSA) is 54.5 Å². The largest absolute Gasteiger partial charge is 0.341 e. The summed E-state index contributed by atoms with van der Waals surface area (Å²) in [6.07, 6.45) is 7.50. The van der Waals surface area contributed by atoms with Crippen LogP contribution >= 0.6 is 0 Å². The van der Waals surface area contributed by atoms with Gasteiger partial charge >= 0.3 is 0 Å². The van der Waals surface area contributed by atoms with E-state index in [0.717, 1.165) is 11.4 Å². The Kier molecular flexibility index (Phi) is 1.37. The van der Waals surface area contributed by atoms with Gasteiger partial charge in [-0.25, -0.2) is 15.0 Å². The second-order valence-corrected chi connectivity index (χ2v) is 1.99. The number of aromatic nitrogens is 4. The molecule has 0 fully saturated rings. The Morgan fingerprint density at radius 1 is 1.36 bits per heavy atom. The molecular formula is C7H5N4. The van der Waals surface area contributed by atoms with Crippen LogP contribution in [0.1, 0.15) is 0 Å². The first-order chi connectivity index (χ1) is 5.47. The Balaban J connectivity index is 2.46. The molecule has 0 atom stereocenters. The monoisotopic (exact) mass is 145 g/mol. The summed E-state index contributed by atoms with van der Waals surface area (Å²) in [4.78, 5) is 14.5. The molecule has 2 aromatic rings. The van der Waals surface area contributed by atoms with Gasteiger partial charge in [-0.2, -0.15) is 0 Å². The molecule has 0 spiro atoms. The van der Waals surface area contributed by atoms with Crippen molar-refractivity contribution in [1.82, 2.24) is 19.9 Å². The van der Waals surface area contributed by atoms with Crippen LogP contribution in [0.4, 0.5) is 0 Å². The predicted molar refractivity (Wildman–Crippen MR) is 38.4 cm³/mol. The van der Waals surface area contributed by atoms with Gasteiger partial charge in [0.25, 0.3) is 0 Å². The first kappa shape index (κ1) is 6.03. The zero-order chi connectivity index (χ0) is 7.52. The van der Waals surface area contributed by atoms with Gasteiger partial charge in [0.15, 0.2) is 6.33 Å². The highest BCUT2D eigenvalue weighted by Gasteiger charge is 1.97. The minimum atomic E-state index is 0.785. The Morgan fingerprint density at radius 3 is 3.00 bits per heavy atom. The molecule has 0 saturated heterocycles. The molecular weight excluding hydrogens is 140 g/mol. The van der Waals surface area contributed by atoms with Crippen LogP contribution in [-0.4, -0.2) is 19.9 Å². The van der Waals surface area contributed by atoms with Crippen LogP contribution in [0.2, 0.25) is 0 Å². The molecule has 0 bridgehead atoms. The van der Waals surface area contributed by atoms with E-state index in [9.17, 15) is 0 Å². The van der Waals surface area contributed by atoms with Crippen molar-refractivity contribution in [2.24, 2.45) is 0 Å². The Hall–Kier alpha value is -1.71. The standard InChI is InChI=1S/C7H5N4/c1-2-8-4-10-6(1)7-3-9-5-11-7/h1-4H,(H,9,11). The maximum Gasteiger partial charge on any atom is 0.174 e. The lowest BCUT2D eigenvalue weighted by molar-refractivity contribution is 1.16. The number of nitrogens with one attached hydrogen (secondary N) is 1. The van der Waals surface area contributed by atoms with Gasteiger partial charge in [0, 0.05) is 12.4 Å². The molecule has 4 nitrogen and oxygen atoms in total. The molecule has 0 amide bonds. The zero-order valence-electron chi connectivity index (χ0n) is 5.65. The Bertz CT molecular complexity index is 313. The van der Waals surface area contributed by atoms with Crippen molar-refractivity contribution >= 4 is 0 Å². The minimum Gasteiger partial charge on any atom is -0.341 e. The van der Waals surface area contributed by atoms with E-state index < -0.39 is 0 Å². The summed E-state index contributed by atoms with van der Waals surface area (Å²) >= 11 is 0. The van der Waals surface area contributed by atoms with Crippen LogP contribution in [0.15, 0.2) is 24.8 Å². The highest BCUT2D eigenvalue weighted by atomic mass is 14.9. The fourth-order valence-corrected chi connectivity index (χ4v) is 0.799. The molecule has 2 aromatic heterocycles. The van der Waals surface area contributed by atoms with E-state index >= 15 is 0 Å². The molecule has 0 aliphatic rings. The van der Waals surface area contributed by atoms with Crippen molar-refractivity contribution in [2.45, 2.75) is 0 Å². The Labute approximate surface area is 63.4 Å². The molecule has 53 valence electrons. The smallest absolute Gasteiger partial charge is 0.174 e. The van der Waals surface area contributed by atoms with Crippen LogP contribution in [0, 0.1) is 6.33 Å². The zero-order valence-corrected chi connectivity index (χ0v) is 5.65. The van der Waals surface area contributed by atoms with E-state index in [0.29, 0.717) is 0 Å². The molecule has 1 N–H and O–H groups in total. The number of H-pyrrole nitrogens is 1. The number of hydrogen-bond acceptors (Lipinski definition) is 3. The van der Waals surface area contributed by atoms with Gasteiger partial charge in [0.05, 0.1) is 5.69 Å². The predicted octanol–water partition coefficient (Wildman–Crippen LogP) is 0.667. The van der Waals surface area contributed by atoms with E-state index in [1.807, 2.05) is 0 Å². The van der Waals surface area contributed by atoms with Crippen molar-refractivity contribution in [3.8, 4) is 11.4 Å². The van der Waals surface area contributed by atoms with E-state index in [4.69, 9.17) is 0 Å². The summed E-state index contributed by atoms with van der Waals surface area (Å²) in [5, 5.41) is 0. The van der Waals surface area contributed by atoms with Gasteiger partial charge in [0.2, 0.25) is 0 Å². The summed E-state index contributed by atoms with van der Waals surface area (Å²) in [7, 11) is 0. The van der Waals surface area contributed by atoms with E-state index in [2.05, 4.69) is 26.3 Å². The van der Waals surface area contributed by atoms with Crippen molar-refractivity contribution in [3.63, 3.8) is 0 Å². The lowest BCUT2D eigenvalue weighted by Crippen LogP contribution is -1.82. The molecule has 0 aliphatic heterocycles. The van der Waals surface area contributed by atoms with Crippen molar-refractivity contribution in [1.29, 1.82) is 0 Å². The third kappa shape index (κ3) is 1.10. The molecule has 4 heteroatoms. The van der Waals surface area contributed by atoms with Crippen molar-refractivity contribution in [3.05, 3.63) is 31.1 Å². The maximum absolute atomic E-state index is 4.01. The minimum absolute atomic E-state index is 0.785. The first-order valence-corrected chi connectivity index (χ1v) is 3.14. The molecule has 0 aromatic carbocycles. The number of nitrogens with zero attached hydrogens (tertiary/aromatic N) is 3. The van der Waals surface area contributed by atoms with Gasteiger partial charge in [0.1, 0.15) is 12.0 Å². The van der Waals surface area contributed by atoms with Crippen LogP contribution in [0.3, 0.4) is 0 Å². The molecule has 2 heterocycles. The van der Waals surface area contributed by atoms with Crippen molar-refractivity contribution in [2.75, 3.05) is 0 Å². The van der Waals surface area contributed by atoms with Crippen LogP contribution in [0.5, 0.6) is 0 Å².